The number of carbonyl (C=O) groups is 3. The molecule has 2 aliphatic carbocycles. The van der Waals surface area contributed by atoms with Crippen LogP contribution in [0.5, 0.6) is 0 Å². The minimum absolute atomic E-state index is 0.00172. The van der Waals surface area contributed by atoms with Crippen LogP contribution in [0.3, 0.4) is 0 Å². The number of nitrogens with one attached hydrogen (secondary N) is 1. The molecule has 0 radical (unpaired) electrons. The number of thioether (sulfide) groups is 1. The van der Waals surface area contributed by atoms with Gasteiger partial charge < -0.3 is 5.32 Å². The molecule has 0 aromatic heterocycles. The Hall–Kier alpha value is -1.04. The summed E-state index contributed by atoms with van der Waals surface area (Å²) in [5.74, 6) is 0.193. The van der Waals surface area contributed by atoms with E-state index in [2.05, 4.69) is 5.32 Å². The molecule has 3 amide bonds. The molecule has 1 heterocycles. The molecule has 176 valence electrons. The van der Waals surface area contributed by atoms with Crippen LogP contribution in [0, 0.1) is 0 Å². The SMILES string of the molecule is O=C(CCCCCN1C(=O)CC(SC2CCCCCC2)C1=O)NC1CCCCCCC1. The summed E-state index contributed by atoms with van der Waals surface area (Å²) in [4.78, 5) is 38.9. The summed E-state index contributed by atoms with van der Waals surface area (Å²) in [5, 5.41) is 3.60. The van der Waals surface area contributed by atoms with Gasteiger partial charge >= 0.3 is 0 Å². The van der Waals surface area contributed by atoms with Gasteiger partial charge in [-0.25, -0.2) is 0 Å². The van der Waals surface area contributed by atoms with Crippen LogP contribution >= 0.6 is 11.8 Å². The maximum absolute atomic E-state index is 12.7. The van der Waals surface area contributed by atoms with Crippen molar-refractivity contribution in [2.75, 3.05) is 6.54 Å². The molecule has 1 atom stereocenters. The summed E-state index contributed by atoms with van der Waals surface area (Å²) in [7, 11) is 0. The molecule has 5 nitrogen and oxygen atoms in total. The first-order chi connectivity index (χ1) is 15.1. The van der Waals surface area contributed by atoms with Crippen molar-refractivity contribution in [1.29, 1.82) is 0 Å². The summed E-state index contributed by atoms with van der Waals surface area (Å²) < 4.78 is 0. The lowest BCUT2D eigenvalue weighted by Crippen LogP contribution is -2.35. The molecule has 1 saturated heterocycles. The van der Waals surface area contributed by atoms with Crippen molar-refractivity contribution in [3.8, 4) is 0 Å². The molecule has 2 saturated carbocycles. The van der Waals surface area contributed by atoms with Crippen molar-refractivity contribution in [3.63, 3.8) is 0 Å². The van der Waals surface area contributed by atoms with E-state index in [1.807, 2.05) is 0 Å². The third-order valence-electron chi connectivity index (χ3n) is 7.12. The zero-order valence-corrected chi connectivity index (χ0v) is 20.1. The highest BCUT2D eigenvalue weighted by Gasteiger charge is 2.39. The van der Waals surface area contributed by atoms with E-state index in [-0.39, 0.29) is 23.0 Å². The van der Waals surface area contributed by atoms with E-state index in [1.54, 1.807) is 11.8 Å². The summed E-state index contributed by atoms with van der Waals surface area (Å²) in [6.07, 6.45) is 19.5. The van der Waals surface area contributed by atoms with Gasteiger partial charge in [-0.15, -0.1) is 11.8 Å². The first-order valence-electron chi connectivity index (χ1n) is 12.9. The number of rotatable bonds is 9. The van der Waals surface area contributed by atoms with Gasteiger partial charge in [-0.2, -0.15) is 0 Å². The predicted octanol–water partition coefficient (Wildman–Crippen LogP) is 5.36. The zero-order valence-electron chi connectivity index (χ0n) is 19.2. The quantitative estimate of drug-likeness (QED) is 0.292. The molecule has 6 heteroatoms. The monoisotopic (exact) mass is 450 g/mol. The van der Waals surface area contributed by atoms with Crippen LogP contribution in [0.4, 0.5) is 0 Å². The smallest absolute Gasteiger partial charge is 0.242 e. The van der Waals surface area contributed by atoms with Crippen molar-refractivity contribution in [2.24, 2.45) is 0 Å². The van der Waals surface area contributed by atoms with Gasteiger partial charge in [0.25, 0.3) is 0 Å². The molecule has 1 aliphatic heterocycles. The molecule has 0 bridgehead atoms. The van der Waals surface area contributed by atoms with Crippen LogP contribution < -0.4 is 5.32 Å². The Labute approximate surface area is 192 Å². The van der Waals surface area contributed by atoms with Gasteiger partial charge in [-0.3, -0.25) is 19.3 Å². The van der Waals surface area contributed by atoms with E-state index in [1.165, 1.54) is 75.5 Å². The summed E-state index contributed by atoms with van der Waals surface area (Å²) >= 11 is 1.76. The third-order valence-corrected chi connectivity index (χ3v) is 8.67. The molecule has 0 aromatic rings. The number of likely N-dealkylation sites (tertiary alicyclic amines) is 1. The fourth-order valence-corrected chi connectivity index (χ4v) is 6.79. The van der Waals surface area contributed by atoms with E-state index in [0.29, 0.717) is 30.7 Å². The normalized spacial score (nSPS) is 24.6. The zero-order chi connectivity index (χ0) is 21.9. The highest BCUT2D eigenvalue weighted by Crippen LogP contribution is 2.35. The number of carbonyl (C=O) groups excluding carboxylic acids is 3. The van der Waals surface area contributed by atoms with Gasteiger partial charge in [0.2, 0.25) is 17.7 Å². The lowest BCUT2D eigenvalue weighted by molar-refractivity contribution is -0.138. The molecule has 3 fully saturated rings. The number of unbranched alkanes of at least 4 members (excludes halogenated alkanes) is 2. The average molecular weight is 451 g/mol. The Bertz CT molecular complexity index is 581. The van der Waals surface area contributed by atoms with Crippen LogP contribution in [-0.4, -0.2) is 45.7 Å². The van der Waals surface area contributed by atoms with Gasteiger partial charge in [0.1, 0.15) is 0 Å². The number of nitrogens with zero attached hydrogens (tertiary/aromatic N) is 1. The van der Waals surface area contributed by atoms with Crippen LogP contribution in [-0.2, 0) is 14.4 Å². The van der Waals surface area contributed by atoms with Crippen LogP contribution in [0.25, 0.3) is 0 Å². The summed E-state index contributed by atoms with van der Waals surface area (Å²) in [6, 6.07) is 0.357. The van der Waals surface area contributed by atoms with Crippen molar-refractivity contribution >= 4 is 29.5 Å². The van der Waals surface area contributed by atoms with Gasteiger partial charge in [-0.05, 0) is 38.5 Å². The second-order valence-corrected chi connectivity index (χ2v) is 11.3. The first kappa shape index (κ1) is 24.6. The molecular weight excluding hydrogens is 408 g/mol. The Morgan fingerprint density at radius 1 is 0.839 bits per heavy atom. The van der Waals surface area contributed by atoms with E-state index < -0.39 is 0 Å². The van der Waals surface area contributed by atoms with E-state index in [0.717, 1.165) is 32.1 Å². The van der Waals surface area contributed by atoms with E-state index >= 15 is 0 Å². The van der Waals surface area contributed by atoms with E-state index in [4.69, 9.17) is 0 Å². The van der Waals surface area contributed by atoms with Gasteiger partial charge in [-0.1, -0.05) is 64.2 Å². The predicted molar refractivity (Wildman–Crippen MR) is 127 cm³/mol. The summed E-state index contributed by atoms with van der Waals surface area (Å²) in [5.41, 5.74) is 0. The van der Waals surface area contributed by atoms with Crippen LogP contribution in [0.15, 0.2) is 0 Å². The number of amides is 3. The Balaban J connectivity index is 1.29. The fourth-order valence-electron chi connectivity index (χ4n) is 5.24. The van der Waals surface area contributed by atoms with Crippen molar-refractivity contribution in [1.82, 2.24) is 10.2 Å². The fraction of sp³-hybridized carbons (Fsp3) is 0.880. The standard InChI is InChI=1S/C25H42N2O3S/c28-23(26-20-13-7-2-1-3-8-14-20)17-11-6-12-18-27-24(29)19-22(25(27)30)31-21-15-9-4-5-10-16-21/h20-22H,1-19H2,(H,26,28). The molecule has 3 rings (SSSR count). The highest BCUT2D eigenvalue weighted by atomic mass is 32.2. The minimum Gasteiger partial charge on any atom is -0.353 e. The number of imide groups is 1. The third kappa shape index (κ3) is 8.43. The lowest BCUT2D eigenvalue weighted by Gasteiger charge is -2.21. The van der Waals surface area contributed by atoms with Crippen molar-refractivity contribution in [2.45, 2.75) is 132 Å². The maximum Gasteiger partial charge on any atom is 0.242 e. The molecule has 31 heavy (non-hydrogen) atoms. The first-order valence-corrected chi connectivity index (χ1v) is 13.9. The molecule has 1 unspecified atom stereocenters. The Morgan fingerprint density at radius 3 is 2.13 bits per heavy atom. The molecular formula is C25H42N2O3S. The molecule has 0 aromatic carbocycles. The largest absolute Gasteiger partial charge is 0.353 e. The number of hydrogen-bond donors (Lipinski definition) is 1. The van der Waals surface area contributed by atoms with Gasteiger partial charge in [0.15, 0.2) is 0 Å². The number of hydrogen-bond acceptors (Lipinski definition) is 4. The minimum atomic E-state index is -0.162. The van der Waals surface area contributed by atoms with Gasteiger partial charge in [0, 0.05) is 30.7 Å². The molecule has 1 N–H and O–H groups in total. The van der Waals surface area contributed by atoms with Crippen molar-refractivity contribution < 1.29 is 14.4 Å². The average Bonchev–Trinajstić information content (AvgIpc) is 2.90. The topological polar surface area (TPSA) is 66.5 Å². The van der Waals surface area contributed by atoms with Crippen LogP contribution in [0.1, 0.15) is 116 Å². The second kappa shape index (κ2) is 13.5. The molecule has 3 aliphatic rings. The Kier molecular flexibility index (Phi) is 10.7. The van der Waals surface area contributed by atoms with Crippen molar-refractivity contribution in [3.05, 3.63) is 0 Å². The summed E-state index contributed by atoms with van der Waals surface area (Å²) in [6.45, 7) is 0.517. The lowest BCUT2D eigenvalue weighted by atomic mass is 9.96. The van der Waals surface area contributed by atoms with E-state index in [9.17, 15) is 14.4 Å². The maximum atomic E-state index is 12.7. The highest BCUT2D eigenvalue weighted by molar-refractivity contribution is 8.01. The molecule has 0 spiro atoms. The van der Waals surface area contributed by atoms with Crippen LogP contribution in [0.2, 0.25) is 0 Å². The second-order valence-electron chi connectivity index (χ2n) is 9.75. The Morgan fingerprint density at radius 2 is 1.45 bits per heavy atom. The van der Waals surface area contributed by atoms with Gasteiger partial charge in [0.05, 0.1) is 5.25 Å².